The zero-order chi connectivity index (χ0) is 32.1. The van der Waals surface area contributed by atoms with E-state index in [1.807, 2.05) is 30.3 Å². The van der Waals surface area contributed by atoms with Gasteiger partial charge in [0.25, 0.3) is 5.56 Å². The molecule has 0 spiro atoms. The lowest BCUT2D eigenvalue weighted by Crippen LogP contribution is -2.45. The largest absolute Gasteiger partial charge is 0.416 e. The molecule has 0 bridgehead atoms. The number of nitrogens with zero attached hydrogens (tertiary/aromatic N) is 5. The van der Waals surface area contributed by atoms with E-state index in [0.29, 0.717) is 30.0 Å². The smallest absolute Gasteiger partial charge is 0.368 e. The molecule has 4 aromatic rings. The van der Waals surface area contributed by atoms with E-state index in [1.165, 1.54) is 33.5 Å². The van der Waals surface area contributed by atoms with Crippen molar-refractivity contribution in [1.29, 1.82) is 0 Å². The Bertz CT molecular complexity index is 1710. The molecule has 1 unspecified atom stereocenters. The van der Waals surface area contributed by atoms with Crippen molar-refractivity contribution in [2.24, 2.45) is 5.73 Å². The SMILES string of the molecule is CN1CCN(CCC(C(N)=O)n2nc(-c3ccccc3)cc2-c2cccc(=O)n2CC(=O)Nc2cccc(C(F)(F)F)c2)CC1. The molecule has 1 fully saturated rings. The second kappa shape index (κ2) is 13.5. The number of amides is 2. The Kier molecular flexibility index (Phi) is 9.49. The van der Waals surface area contributed by atoms with E-state index in [-0.39, 0.29) is 5.69 Å². The normalized spacial score (nSPS) is 15.1. The van der Waals surface area contributed by atoms with Gasteiger partial charge in [0.05, 0.1) is 22.6 Å². The van der Waals surface area contributed by atoms with Crippen LogP contribution in [0.2, 0.25) is 0 Å². The average Bonchev–Trinajstić information content (AvgIpc) is 3.44. The van der Waals surface area contributed by atoms with E-state index in [0.717, 1.165) is 43.9 Å². The van der Waals surface area contributed by atoms with Crippen LogP contribution in [0.3, 0.4) is 0 Å². The van der Waals surface area contributed by atoms with Crippen molar-refractivity contribution in [1.82, 2.24) is 24.1 Å². The summed E-state index contributed by atoms with van der Waals surface area (Å²) in [6.45, 7) is 3.61. The van der Waals surface area contributed by atoms with Crippen LogP contribution in [-0.4, -0.2) is 75.7 Å². The van der Waals surface area contributed by atoms with Gasteiger partial charge >= 0.3 is 6.18 Å². The standard InChI is InChI=1S/C32H34F3N7O3/c1-39-15-17-40(18-16-39)14-13-27(31(36)45)42-28(20-25(38-42)22-7-3-2-4-8-22)26-11-6-12-30(44)41(26)21-29(43)37-24-10-5-9-23(19-24)32(33,34)35/h2-12,19-20,27H,13-18,21H2,1H3,(H2,36,45)(H,37,43). The number of piperazine rings is 1. The fourth-order valence-corrected chi connectivity index (χ4v) is 5.36. The molecule has 3 N–H and O–H groups in total. The highest BCUT2D eigenvalue weighted by Crippen LogP contribution is 2.31. The topological polar surface area (TPSA) is 118 Å². The first-order valence-electron chi connectivity index (χ1n) is 14.5. The fraction of sp³-hybridized carbons (Fsp3) is 0.312. The Labute approximate surface area is 257 Å². The number of carbonyl (C=O) groups is 2. The third-order valence-electron chi connectivity index (χ3n) is 7.83. The molecule has 1 aliphatic rings. The molecule has 5 rings (SSSR count). The van der Waals surface area contributed by atoms with Crippen LogP contribution in [0.25, 0.3) is 22.6 Å². The van der Waals surface area contributed by atoms with Gasteiger partial charge in [-0.25, -0.2) is 0 Å². The van der Waals surface area contributed by atoms with Gasteiger partial charge in [-0.05, 0) is 43.8 Å². The maximum atomic E-state index is 13.2. The summed E-state index contributed by atoms with van der Waals surface area (Å²) < 4.78 is 42.3. The molecule has 1 aliphatic heterocycles. The first-order valence-corrected chi connectivity index (χ1v) is 14.5. The number of pyridine rings is 1. The van der Waals surface area contributed by atoms with Gasteiger partial charge in [-0.3, -0.25) is 23.6 Å². The summed E-state index contributed by atoms with van der Waals surface area (Å²) in [5.41, 5.74) is 6.43. The summed E-state index contributed by atoms with van der Waals surface area (Å²) in [5.74, 6) is -1.31. The first kappa shape index (κ1) is 31.7. The lowest BCUT2D eigenvalue weighted by atomic mass is 10.1. The van der Waals surface area contributed by atoms with Crippen molar-refractivity contribution in [2.45, 2.75) is 25.2 Å². The molecule has 0 radical (unpaired) electrons. The van der Waals surface area contributed by atoms with Crippen LogP contribution in [0.15, 0.2) is 83.7 Å². The first-order chi connectivity index (χ1) is 21.5. The number of rotatable bonds is 10. The summed E-state index contributed by atoms with van der Waals surface area (Å²) in [6.07, 6.45) is -4.21. The molecule has 0 aliphatic carbocycles. The summed E-state index contributed by atoms with van der Waals surface area (Å²) in [5, 5.41) is 7.22. The summed E-state index contributed by atoms with van der Waals surface area (Å²) in [7, 11) is 2.06. The van der Waals surface area contributed by atoms with Crippen molar-refractivity contribution in [3.63, 3.8) is 0 Å². The highest BCUT2D eigenvalue weighted by Gasteiger charge is 2.31. The van der Waals surface area contributed by atoms with E-state index in [1.54, 1.807) is 12.1 Å². The molecule has 13 heteroatoms. The molecular weight excluding hydrogens is 587 g/mol. The number of primary amides is 1. The number of nitrogens with one attached hydrogen (secondary N) is 1. The van der Waals surface area contributed by atoms with Crippen LogP contribution in [0.4, 0.5) is 18.9 Å². The Balaban J connectivity index is 1.50. The van der Waals surface area contributed by atoms with Crippen LogP contribution < -0.4 is 16.6 Å². The summed E-state index contributed by atoms with van der Waals surface area (Å²) >= 11 is 0. The highest BCUT2D eigenvalue weighted by molar-refractivity contribution is 5.91. The lowest BCUT2D eigenvalue weighted by Gasteiger charge is -2.33. The molecule has 0 saturated carbocycles. The van der Waals surface area contributed by atoms with Crippen LogP contribution in [0.1, 0.15) is 18.0 Å². The monoisotopic (exact) mass is 621 g/mol. The van der Waals surface area contributed by atoms with Crippen molar-refractivity contribution < 1.29 is 22.8 Å². The number of alkyl halides is 3. The molecule has 1 saturated heterocycles. The fourth-order valence-electron chi connectivity index (χ4n) is 5.36. The Morgan fingerprint density at radius 2 is 1.64 bits per heavy atom. The minimum absolute atomic E-state index is 0.0607. The molecule has 1 atom stereocenters. The van der Waals surface area contributed by atoms with E-state index in [4.69, 9.17) is 10.8 Å². The van der Waals surface area contributed by atoms with Crippen molar-refractivity contribution in [2.75, 3.05) is 45.1 Å². The molecule has 2 aromatic carbocycles. The molecule has 45 heavy (non-hydrogen) atoms. The van der Waals surface area contributed by atoms with Crippen LogP contribution in [0.5, 0.6) is 0 Å². The van der Waals surface area contributed by atoms with Crippen molar-refractivity contribution in [3.05, 3.63) is 94.8 Å². The van der Waals surface area contributed by atoms with Gasteiger partial charge < -0.3 is 20.9 Å². The number of anilines is 1. The molecule has 2 aromatic heterocycles. The number of likely N-dealkylation sites (N-methyl/N-ethyl adjacent to an activating group) is 1. The third kappa shape index (κ3) is 7.67. The number of hydrogen-bond acceptors (Lipinski definition) is 6. The van der Waals surface area contributed by atoms with Gasteiger partial charge in [-0.1, -0.05) is 42.5 Å². The predicted molar refractivity (Wildman–Crippen MR) is 164 cm³/mol. The van der Waals surface area contributed by atoms with Crippen molar-refractivity contribution >= 4 is 17.5 Å². The summed E-state index contributed by atoms with van der Waals surface area (Å²) in [4.78, 5) is 43.6. The van der Waals surface area contributed by atoms with E-state index < -0.39 is 41.7 Å². The van der Waals surface area contributed by atoms with Gasteiger partial charge in [0.1, 0.15) is 12.6 Å². The second-order valence-corrected chi connectivity index (χ2v) is 11.0. The number of hydrogen-bond donors (Lipinski definition) is 2. The van der Waals surface area contributed by atoms with Gasteiger partial charge in [0, 0.05) is 50.0 Å². The predicted octanol–water partition coefficient (Wildman–Crippen LogP) is 3.70. The van der Waals surface area contributed by atoms with E-state index in [9.17, 15) is 27.6 Å². The third-order valence-corrected chi connectivity index (χ3v) is 7.83. The minimum atomic E-state index is -4.58. The Morgan fingerprint density at radius 3 is 2.33 bits per heavy atom. The summed E-state index contributed by atoms with van der Waals surface area (Å²) in [6, 6.07) is 18.8. The zero-order valence-electron chi connectivity index (χ0n) is 24.7. The van der Waals surface area contributed by atoms with Gasteiger partial charge in [0.15, 0.2) is 0 Å². The maximum absolute atomic E-state index is 13.2. The van der Waals surface area contributed by atoms with Gasteiger partial charge in [0.2, 0.25) is 11.8 Å². The number of benzene rings is 2. The van der Waals surface area contributed by atoms with Crippen LogP contribution in [0, 0.1) is 0 Å². The number of halogens is 3. The van der Waals surface area contributed by atoms with E-state index >= 15 is 0 Å². The zero-order valence-corrected chi connectivity index (χ0v) is 24.7. The van der Waals surface area contributed by atoms with E-state index in [2.05, 4.69) is 22.2 Å². The number of carbonyl (C=O) groups excluding carboxylic acids is 2. The highest BCUT2D eigenvalue weighted by atomic mass is 19.4. The second-order valence-electron chi connectivity index (χ2n) is 11.0. The molecular formula is C32H34F3N7O3. The quantitative estimate of drug-likeness (QED) is 0.279. The Morgan fingerprint density at radius 1 is 0.933 bits per heavy atom. The lowest BCUT2D eigenvalue weighted by molar-refractivity contribution is -0.137. The van der Waals surface area contributed by atoms with Gasteiger partial charge in [-0.2, -0.15) is 18.3 Å². The number of nitrogens with two attached hydrogens (primary N) is 1. The molecule has 236 valence electrons. The Hall–Kier alpha value is -4.75. The minimum Gasteiger partial charge on any atom is -0.368 e. The maximum Gasteiger partial charge on any atom is 0.416 e. The van der Waals surface area contributed by atoms with Crippen LogP contribution in [-0.2, 0) is 22.3 Å². The molecule has 3 heterocycles. The number of aromatic nitrogens is 3. The van der Waals surface area contributed by atoms with Crippen molar-refractivity contribution in [3.8, 4) is 22.6 Å². The average molecular weight is 622 g/mol. The molecule has 2 amide bonds. The van der Waals surface area contributed by atoms with Crippen LogP contribution >= 0.6 is 0 Å². The molecule has 10 nitrogen and oxygen atoms in total. The van der Waals surface area contributed by atoms with Gasteiger partial charge in [-0.15, -0.1) is 0 Å².